The highest BCUT2D eigenvalue weighted by Gasteiger charge is 2.57. The Morgan fingerprint density at radius 2 is 1.69 bits per heavy atom. The first-order chi connectivity index (χ1) is 25.8. The Balaban J connectivity index is 1.72. The molecule has 2 unspecified atom stereocenters. The molecule has 3 fully saturated rings. The SMILES string of the molecule is C=CC[C@H]1CC2C[C@H]3CCC[C@@H](C[C@@H](O)CC(=O)OC(CO)C[C@@H]4CC(=CC(=O)OC)[C@H](OC(=O)CCCCCCC)[C@@](O)(O4)C(C)(C)C=C[C@H](O2)O1)O3. The van der Waals surface area contributed by atoms with Crippen molar-refractivity contribution in [3.8, 4) is 0 Å². The van der Waals surface area contributed by atoms with E-state index in [-0.39, 0.29) is 62.1 Å². The summed E-state index contributed by atoms with van der Waals surface area (Å²) in [4.78, 5) is 39.1. The quantitative estimate of drug-likeness (QED) is 0.0816. The predicted molar refractivity (Wildman–Crippen MR) is 198 cm³/mol. The summed E-state index contributed by atoms with van der Waals surface area (Å²) in [6.07, 6.45) is 9.26. The Labute approximate surface area is 320 Å². The first-order valence-electron chi connectivity index (χ1n) is 19.9. The van der Waals surface area contributed by atoms with Crippen LogP contribution in [0.4, 0.5) is 0 Å². The van der Waals surface area contributed by atoms with Crippen LogP contribution < -0.4 is 0 Å². The van der Waals surface area contributed by atoms with E-state index in [0.717, 1.165) is 44.9 Å². The smallest absolute Gasteiger partial charge is 0.330 e. The van der Waals surface area contributed by atoms with Gasteiger partial charge in [0.2, 0.25) is 5.79 Å². The monoisotopic (exact) mass is 764 g/mol. The van der Waals surface area contributed by atoms with Crippen LogP contribution >= 0.6 is 0 Å². The maximum atomic E-state index is 13.4. The summed E-state index contributed by atoms with van der Waals surface area (Å²) < 4.78 is 42.2. The molecule has 13 heteroatoms. The number of unbranched alkanes of at least 4 members (excludes halogenated alkanes) is 4. The van der Waals surface area contributed by atoms with Gasteiger partial charge in [-0.2, -0.15) is 0 Å². The van der Waals surface area contributed by atoms with Gasteiger partial charge in [0.25, 0.3) is 0 Å². The van der Waals surface area contributed by atoms with Gasteiger partial charge < -0.3 is 48.5 Å². The third kappa shape index (κ3) is 12.7. The molecule has 6 bridgehead atoms. The van der Waals surface area contributed by atoms with Gasteiger partial charge in [0, 0.05) is 43.6 Å². The fourth-order valence-electron chi connectivity index (χ4n) is 7.89. The molecule has 0 aliphatic carbocycles. The van der Waals surface area contributed by atoms with Crippen LogP contribution in [0.1, 0.15) is 124 Å². The molecule has 0 aromatic heterocycles. The molecule has 0 amide bonds. The van der Waals surface area contributed by atoms with E-state index < -0.39 is 66.4 Å². The van der Waals surface area contributed by atoms with E-state index in [1.165, 1.54) is 13.2 Å². The number of ether oxygens (including phenoxy) is 7. The second kappa shape index (κ2) is 21.0. The zero-order valence-electron chi connectivity index (χ0n) is 32.7. The number of esters is 3. The molecule has 306 valence electrons. The lowest BCUT2D eigenvalue weighted by Gasteiger charge is -2.51. The normalized spacial score (nSPS) is 35.7. The van der Waals surface area contributed by atoms with Crippen molar-refractivity contribution in [2.45, 2.75) is 184 Å². The lowest BCUT2D eigenvalue weighted by Crippen LogP contribution is -2.62. The number of fused-ring (bicyclic) bond motifs is 6. The van der Waals surface area contributed by atoms with E-state index in [2.05, 4.69) is 13.5 Å². The van der Waals surface area contributed by atoms with Crippen molar-refractivity contribution in [2.75, 3.05) is 13.7 Å². The highest BCUT2D eigenvalue weighted by atomic mass is 16.7. The summed E-state index contributed by atoms with van der Waals surface area (Å²) in [6.45, 7) is 8.86. The number of rotatable bonds is 11. The van der Waals surface area contributed by atoms with E-state index in [4.69, 9.17) is 33.2 Å². The molecule has 10 atom stereocenters. The Kier molecular flexibility index (Phi) is 17.2. The molecule has 3 saturated heterocycles. The number of aliphatic hydroxyl groups excluding tert-OH is 2. The molecule has 4 rings (SSSR count). The molecule has 4 aliphatic rings. The van der Waals surface area contributed by atoms with E-state index in [9.17, 15) is 29.7 Å². The highest BCUT2D eigenvalue weighted by molar-refractivity contribution is 5.83. The molecule has 4 heterocycles. The number of carbonyl (C=O) groups is 3. The second-order valence-corrected chi connectivity index (χ2v) is 15.8. The Morgan fingerprint density at radius 1 is 0.963 bits per heavy atom. The van der Waals surface area contributed by atoms with Gasteiger partial charge in [0.1, 0.15) is 6.10 Å². The van der Waals surface area contributed by atoms with Crippen molar-refractivity contribution >= 4 is 17.9 Å². The fourth-order valence-corrected chi connectivity index (χ4v) is 7.89. The molecule has 0 aromatic carbocycles. The molecular weight excluding hydrogens is 700 g/mol. The minimum Gasteiger partial charge on any atom is -0.466 e. The summed E-state index contributed by atoms with van der Waals surface area (Å²) in [7, 11) is 1.22. The van der Waals surface area contributed by atoms with Gasteiger partial charge in [-0.05, 0) is 50.2 Å². The van der Waals surface area contributed by atoms with Crippen LogP contribution in [0.15, 0.2) is 36.5 Å². The summed E-state index contributed by atoms with van der Waals surface area (Å²) >= 11 is 0. The van der Waals surface area contributed by atoms with Gasteiger partial charge in [-0.25, -0.2) is 4.79 Å². The largest absolute Gasteiger partial charge is 0.466 e. The average Bonchev–Trinajstić information content (AvgIpc) is 3.11. The fraction of sp³-hybridized carbons (Fsp3) is 0.780. The maximum Gasteiger partial charge on any atom is 0.330 e. The first-order valence-corrected chi connectivity index (χ1v) is 19.9. The van der Waals surface area contributed by atoms with Gasteiger partial charge in [0.15, 0.2) is 12.4 Å². The summed E-state index contributed by atoms with van der Waals surface area (Å²) in [5, 5.41) is 33.9. The number of methoxy groups -OCH3 is 1. The molecule has 0 saturated carbocycles. The first kappa shape index (κ1) is 44.1. The summed E-state index contributed by atoms with van der Waals surface area (Å²) in [5.74, 6) is -4.26. The van der Waals surface area contributed by atoms with Crippen LogP contribution in [-0.2, 0) is 47.5 Å². The maximum absolute atomic E-state index is 13.4. The number of hydrogen-bond acceptors (Lipinski definition) is 13. The predicted octanol–water partition coefficient (Wildman–Crippen LogP) is 5.27. The lowest BCUT2D eigenvalue weighted by molar-refractivity contribution is -0.327. The zero-order valence-corrected chi connectivity index (χ0v) is 32.7. The average molecular weight is 765 g/mol. The van der Waals surface area contributed by atoms with Crippen molar-refractivity contribution in [1.82, 2.24) is 0 Å². The van der Waals surface area contributed by atoms with Gasteiger partial charge >= 0.3 is 17.9 Å². The molecule has 0 aromatic rings. The van der Waals surface area contributed by atoms with Crippen LogP contribution in [-0.4, -0.2) is 108 Å². The van der Waals surface area contributed by atoms with Crippen LogP contribution in [0.25, 0.3) is 0 Å². The topological polar surface area (TPSA) is 177 Å². The molecule has 4 aliphatic heterocycles. The van der Waals surface area contributed by atoms with Crippen LogP contribution in [0.5, 0.6) is 0 Å². The Morgan fingerprint density at radius 3 is 2.39 bits per heavy atom. The highest BCUT2D eigenvalue weighted by Crippen LogP contribution is 2.47. The zero-order chi connectivity index (χ0) is 39.3. The van der Waals surface area contributed by atoms with E-state index >= 15 is 0 Å². The summed E-state index contributed by atoms with van der Waals surface area (Å²) in [6, 6.07) is 0. The van der Waals surface area contributed by atoms with E-state index in [0.29, 0.717) is 25.7 Å². The molecule has 54 heavy (non-hydrogen) atoms. The lowest BCUT2D eigenvalue weighted by atomic mass is 9.74. The minimum atomic E-state index is -2.27. The third-order valence-corrected chi connectivity index (χ3v) is 10.9. The number of hydrogen-bond donors (Lipinski definition) is 3. The molecule has 0 spiro atoms. The molecular formula is C41H64O13. The van der Waals surface area contributed by atoms with Crippen molar-refractivity contribution in [2.24, 2.45) is 5.41 Å². The van der Waals surface area contributed by atoms with Crippen molar-refractivity contribution in [3.63, 3.8) is 0 Å². The van der Waals surface area contributed by atoms with Gasteiger partial charge in [-0.1, -0.05) is 58.6 Å². The second-order valence-electron chi connectivity index (χ2n) is 15.8. The van der Waals surface area contributed by atoms with Crippen LogP contribution in [0.3, 0.4) is 0 Å². The van der Waals surface area contributed by atoms with Crippen molar-refractivity contribution in [1.29, 1.82) is 0 Å². The van der Waals surface area contributed by atoms with E-state index in [1.807, 2.05) is 0 Å². The molecule has 3 N–H and O–H groups in total. The van der Waals surface area contributed by atoms with E-state index in [1.54, 1.807) is 32.1 Å². The number of carbonyl (C=O) groups excluding carboxylic acids is 3. The third-order valence-electron chi connectivity index (χ3n) is 10.9. The van der Waals surface area contributed by atoms with Crippen LogP contribution in [0.2, 0.25) is 0 Å². The standard InChI is InChI=1S/C41H64O13/c1-6-8-9-10-11-16-35(44)53-39-27(20-36(45)48-5)19-33-25-34(26-42)50-37(46)22-28(43)21-30-14-12-15-31(49-30)24-32-23-29(13-7-2)51-38(52-32)17-18-40(3,4)41(39,47)54-33/h7,17-18,20,28-34,38-39,42-43,47H,2,6,8-16,19,21-26H2,1,3-5H3/t28-,29+,30+,31-,32?,33+,34?,38+,39+,41-/m1/s1. The van der Waals surface area contributed by atoms with Gasteiger partial charge in [0.05, 0.1) is 56.8 Å². The Bertz CT molecular complexity index is 1300. The number of cyclic esters (lactones) is 1. The molecule has 0 radical (unpaired) electrons. The van der Waals surface area contributed by atoms with Gasteiger partial charge in [-0.3, -0.25) is 9.59 Å². The Hall–Kier alpha value is -2.65. The minimum absolute atomic E-state index is 0.0116. The molecule has 13 nitrogen and oxygen atoms in total. The van der Waals surface area contributed by atoms with Gasteiger partial charge in [-0.15, -0.1) is 6.58 Å². The van der Waals surface area contributed by atoms with Crippen molar-refractivity contribution < 1.29 is 62.9 Å². The number of aliphatic hydroxyl groups is 3. The van der Waals surface area contributed by atoms with Crippen molar-refractivity contribution in [3.05, 3.63) is 36.5 Å². The summed E-state index contributed by atoms with van der Waals surface area (Å²) in [5.41, 5.74) is -1.08. The van der Waals surface area contributed by atoms with Crippen LogP contribution in [0, 0.1) is 5.41 Å².